The van der Waals surface area contributed by atoms with E-state index in [1.165, 1.54) is 17.8 Å². The molecule has 1 aromatic carbocycles. The van der Waals surface area contributed by atoms with Crippen molar-refractivity contribution in [3.8, 4) is 0 Å². The maximum Gasteiger partial charge on any atom is 0.355 e. The quantitative estimate of drug-likeness (QED) is 0.765. The van der Waals surface area contributed by atoms with Crippen LogP contribution in [-0.2, 0) is 16.0 Å². The van der Waals surface area contributed by atoms with Gasteiger partial charge in [-0.1, -0.05) is 41.9 Å². The molecule has 0 spiro atoms. The van der Waals surface area contributed by atoms with E-state index in [-0.39, 0.29) is 24.2 Å². The Balaban J connectivity index is 1.68. The Morgan fingerprint density at radius 1 is 1.30 bits per heavy atom. The lowest BCUT2D eigenvalue weighted by Gasteiger charge is -2.13. The van der Waals surface area contributed by atoms with E-state index < -0.39 is 5.97 Å². The third-order valence-corrected chi connectivity index (χ3v) is 3.54. The van der Waals surface area contributed by atoms with Crippen LogP contribution in [0.5, 0.6) is 0 Å². The van der Waals surface area contributed by atoms with Gasteiger partial charge in [-0.05, 0) is 31.4 Å². The summed E-state index contributed by atoms with van der Waals surface area (Å²) in [5.41, 5.74) is 1.45. The zero-order valence-corrected chi connectivity index (χ0v) is 13.6. The molecule has 0 aliphatic carbocycles. The van der Waals surface area contributed by atoms with Gasteiger partial charge in [0.25, 0.3) is 5.91 Å². The van der Waals surface area contributed by atoms with E-state index in [0.717, 1.165) is 12.8 Å². The largest absolute Gasteiger partial charge is 0.451 e. The number of benzene rings is 1. The number of aryl methyl sites for hydroxylation is 1. The third-order valence-electron chi connectivity index (χ3n) is 3.32. The minimum atomic E-state index is -0.607. The number of nitrogens with one attached hydrogen (secondary N) is 2. The molecular formula is C17H19ClN2O3. The molecule has 0 fully saturated rings. The highest BCUT2D eigenvalue weighted by atomic mass is 35.5. The predicted molar refractivity (Wildman–Crippen MR) is 88.5 cm³/mol. The van der Waals surface area contributed by atoms with Crippen molar-refractivity contribution in [2.45, 2.75) is 25.8 Å². The lowest BCUT2D eigenvalue weighted by Crippen LogP contribution is -2.36. The van der Waals surface area contributed by atoms with Crippen LogP contribution in [0.25, 0.3) is 0 Å². The van der Waals surface area contributed by atoms with Crippen molar-refractivity contribution < 1.29 is 14.3 Å². The van der Waals surface area contributed by atoms with Crippen LogP contribution in [0.2, 0.25) is 5.02 Å². The summed E-state index contributed by atoms with van der Waals surface area (Å²) in [5.74, 6) is -0.930. The van der Waals surface area contributed by atoms with Crippen molar-refractivity contribution in [1.82, 2.24) is 10.3 Å². The first kappa shape index (κ1) is 17.1. The number of amides is 1. The Labute approximate surface area is 140 Å². The van der Waals surface area contributed by atoms with Crippen LogP contribution in [0.4, 0.5) is 0 Å². The maximum absolute atomic E-state index is 11.8. The van der Waals surface area contributed by atoms with E-state index in [1.54, 1.807) is 0 Å². The van der Waals surface area contributed by atoms with Gasteiger partial charge in [0.1, 0.15) is 5.69 Å². The van der Waals surface area contributed by atoms with E-state index >= 15 is 0 Å². The summed E-state index contributed by atoms with van der Waals surface area (Å²) in [6.07, 6.45) is 3.17. The molecule has 1 aromatic heterocycles. The summed E-state index contributed by atoms with van der Waals surface area (Å²) in [4.78, 5) is 26.1. The molecule has 5 nitrogen and oxygen atoms in total. The molecule has 2 rings (SSSR count). The first-order chi connectivity index (χ1) is 11.0. The minimum Gasteiger partial charge on any atom is -0.451 e. The Morgan fingerprint density at radius 2 is 2.04 bits per heavy atom. The smallest absolute Gasteiger partial charge is 0.355 e. The molecule has 2 N–H and O–H groups in total. The molecule has 0 saturated heterocycles. The molecule has 1 unspecified atom stereocenters. The summed E-state index contributed by atoms with van der Waals surface area (Å²) < 4.78 is 4.93. The molecule has 0 saturated carbocycles. The fourth-order valence-electron chi connectivity index (χ4n) is 2.11. The number of halogens is 1. The summed E-state index contributed by atoms with van der Waals surface area (Å²) in [6, 6.07) is 11.5. The van der Waals surface area contributed by atoms with E-state index in [2.05, 4.69) is 22.4 Å². The van der Waals surface area contributed by atoms with Crippen LogP contribution in [-0.4, -0.2) is 29.5 Å². The Kier molecular flexibility index (Phi) is 6.23. The average Bonchev–Trinajstić information content (AvgIpc) is 2.98. The van der Waals surface area contributed by atoms with Crippen molar-refractivity contribution in [3.05, 3.63) is 58.9 Å². The predicted octanol–water partition coefficient (Wildman–Crippen LogP) is 2.96. The van der Waals surface area contributed by atoms with Gasteiger partial charge in [-0.15, -0.1) is 0 Å². The lowest BCUT2D eigenvalue weighted by atomic mass is 10.1. The lowest BCUT2D eigenvalue weighted by molar-refractivity contribution is -0.124. The monoisotopic (exact) mass is 334 g/mol. The molecule has 1 atom stereocenters. The summed E-state index contributed by atoms with van der Waals surface area (Å²) >= 11 is 5.70. The van der Waals surface area contributed by atoms with Crippen LogP contribution < -0.4 is 5.32 Å². The van der Waals surface area contributed by atoms with Crippen molar-refractivity contribution in [3.63, 3.8) is 0 Å². The molecule has 2 aromatic rings. The number of esters is 1. The zero-order valence-electron chi connectivity index (χ0n) is 12.8. The second-order valence-corrected chi connectivity index (χ2v) is 5.74. The Bertz CT molecular complexity index is 655. The fourth-order valence-corrected chi connectivity index (χ4v) is 2.27. The van der Waals surface area contributed by atoms with Crippen LogP contribution in [0.1, 0.15) is 29.4 Å². The standard InChI is InChI=1S/C17H19ClN2O3/c1-12(7-8-13-5-3-2-4-6-13)20-16(21)11-23-17(22)15-9-14(18)10-19-15/h2-6,9-10,12,19H,7-8,11H2,1H3,(H,20,21). The fraction of sp³-hybridized carbons (Fsp3) is 0.294. The van der Waals surface area contributed by atoms with Gasteiger partial charge in [0.2, 0.25) is 0 Å². The first-order valence-electron chi connectivity index (χ1n) is 7.39. The van der Waals surface area contributed by atoms with Crippen LogP contribution in [0, 0.1) is 0 Å². The highest BCUT2D eigenvalue weighted by molar-refractivity contribution is 6.30. The van der Waals surface area contributed by atoms with Crippen molar-refractivity contribution >= 4 is 23.5 Å². The van der Waals surface area contributed by atoms with Crippen LogP contribution >= 0.6 is 11.6 Å². The maximum atomic E-state index is 11.8. The van der Waals surface area contributed by atoms with Gasteiger partial charge in [0.05, 0.1) is 5.02 Å². The number of hydrogen-bond acceptors (Lipinski definition) is 3. The normalized spacial score (nSPS) is 11.7. The molecule has 0 bridgehead atoms. The van der Waals surface area contributed by atoms with Crippen molar-refractivity contribution in [2.75, 3.05) is 6.61 Å². The minimum absolute atomic E-state index is 0.00124. The highest BCUT2D eigenvalue weighted by Gasteiger charge is 2.13. The topological polar surface area (TPSA) is 71.2 Å². The number of aromatic nitrogens is 1. The number of aromatic amines is 1. The third kappa shape index (κ3) is 5.79. The van der Waals surface area contributed by atoms with Crippen LogP contribution in [0.3, 0.4) is 0 Å². The Hall–Kier alpha value is -2.27. The van der Waals surface area contributed by atoms with Gasteiger partial charge in [-0.2, -0.15) is 0 Å². The molecule has 0 radical (unpaired) electrons. The second kappa shape index (κ2) is 8.39. The zero-order chi connectivity index (χ0) is 16.7. The highest BCUT2D eigenvalue weighted by Crippen LogP contribution is 2.10. The summed E-state index contributed by atoms with van der Waals surface area (Å²) in [7, 11) is 0. The molecule has 23 heavy (non-hydrogen) atoms. The number of ether oxygens (including phenoxy) is 1. The van der Waals surface area contributed by atoms with Gasteiger partial charge in [-0.3, -0.25) is 4.79 Å². The molecule has 122 valence electrons. The summed E-state index contributed by atoms with van der Waals surface area (Å²) in [5, 5.41) is 3.22. The van der Waals surface area contributed by atoms with Gasteiger partial charge in [-0.25, -0.2) is 4.79 Å². The van der Waals surface area contributed by atoms with Gasteiger partial charge in [0, 0.05) is 12.2 Å². The van der Waals surface area contributed by atoms with Gasteiger partial charge >= 0.3 is 5.97 Å². The average molecular weight is 335 g/mol. The van der Waals surface area contributed by atoms with Crippen molar-refractivity contribution in [1.29, 1.82) is 0 Å². The second-order valence-electron chi connectivity index (χ2n) is 5.30. The van der Waals surface area contributed by atoms with Gasteiger partial charge < -0.3 is 15.0 Å². The van der Waals surface area contributed by atoms with Crippen LogP contribution in [0.15, 0.2) is 42.6 Å². The van der Waals surface area contributed by atoms with E-state index in [9.17, 15) is 9.59 Å². The SMILES string of the molecule is CC(CCc1ccccc1)NC(=O)COC(=O)c1cc(Cl)c[nH]1. The number of rotatable bonds is 7. The first-order valence-corrected chi connectivity index (χ1v) is 7.76. The molecule has 1 heterocycles. The van der Waals surface area contributed by atoms with Gasteiger partial charge in [0.15, 0.2) is 6.61 Å². The number of carbonyl (C=O) groups excluding carboxylic acids is 2. The number of hydrogen-bond donors (Lipinski definition) is 2. The molecule has 0 aliphatic rings. The molecular weight excluding hydrogens is 316 g/mol. The molecule has 1 amide bonds. The summed E-state index contributed by atoms with van der Waals surface area (Å²) in [6.45, 7) is 1.61. The van der Waals surface area contributed by atoms with E-state index in [4.69, 9.17) is 16.3 Å². The van der Waals surface area contributed by atoms with E-state index in [0.29, 0.717) is 5.02 Å². The molecule has 6 heteroatoms. The van der Waals surface area contributed by atoms with Crippen molar-refractivity contribution in [2.24, 2.45) is 0 Å². The number of H-pyrrole nitrogens is 1. The van der Waals surface area contributed by atoms with E-state index in [1.807, 2.05) is 25.1 Å². The number of carbonyl (C=O) groups is 2. The Morgan fingerprint density at radius 3 is 2.70 bits per heavy atom. The molecule has 0 aliphatic heterocycles.